The van der Waals surface area contributed by atoms with Gasteiger partial charge in [-0.3, -0.25) is 0 Å². The van der Waals surface area contributed by atoms with Gasteiger partial charge in [0.15, 0.2) is 0 Å². The molecule has 18 heavy (non-hydrogen) atoms. The van der Waals surface area contributed by atoms with Gasteiger partial charge in [-0.25, -0.2) is 0 Å². The molecule has 0 aliphatic heterocycles. The second kappa shape index (κ2) is 6.03. The summed E-state index contributed by atoms with van der Waals surface area (Å²) in [6.45, 7) is 2.14. The molecule has 1 unspecified atom stereocenters. The molecule has 0 radical (unpaired) electrons. The van der Waals surface area contributed by atoms with Crippen LogP contribution in [0.3, 0.4) is 0 Å². The van der Waals surface area contributed by atoms with Crippen molar-refractivity contribution < 1.29 is 0 Å². The molecule has 2 rings (SSSR count). The Labute approximate surface area is 119 Å². The Bertz CT molecular complexity index is 554. The van der Waals surface area contributed by atoms with E-state index in [2.05, 4.69) is 45.7 Å². The summed E-state index contributed by atoms with van der Waals surface area (Å²) >= 11 is 5.28. The van der Waals surface area contributed by atoms with Gasteiger partial charge in [0.1, 0.15) is 0 Å². The molecule has 0 amide bonds. The van der Waals surface area contributed by atoms with Crippen molar-refractivity contribution in [3.05, 3.63) is 50.6 Å². The number of thiophene rings is 1. The second-order valence-electron chi connectivity index (χ2n) is 4.03. The fourth-order valence-electron chi connectivity index (χ4n) is 1.74. The number of rotatable bonds is 4. The summed E-state index contributed by atoms with van der Waals surface area (Å²) < 4.78 is 1.15. The fourth-order valence-corrected chi connectivity index (χ4v) is 3.47. The molecule has 0 bridgehead atoms. The van der Waals surface area contributed by atoms with Crippen molar-refractivity contribution in [1.29, 1.82) is 5.26 Å². The van der Waals surface area contributed by atoms with Crippen LogP contribution in [-0.4, -0.2) is 0 Å². The number of nitrogens with zero attached hydrogens (tertiary/aromatic N) is 1. The molecule has 0 saturated carbocycles. The molecule has 0 fully saturated rings. The molecule has 1 aromatic heterocycles. The van der Waals surface area contributed by atoms with Gasteiger partial charge in [-0.2, -0.15) is 5.26 Å². The van der Waals surface area contributed by atoms with Crippen molar-refractivity contribution in [1.82, 2.24) is 0 Å². The maximum Gasteiger partial charge on any atom is 0.0669 e. The molecule has 2 nitrogen and oxygen atoms in total. The van der Waals surface area contributed by atoms with Gasteiger partial charge in [-0.15, -0.1) is 11.3 Å². The SMILES string of the molecule is CC(Nc1ccc(CC#N)cc1)c1sccc1Br. The third-order valence-corrected chi connectivity index (χ3v) is 4.71. The van der Waals surface area contributed by atoms with Gasteiger partial charge in [-0.1, -0.05) is 12.1 Å². The van der Waals surface area contributed by atoms with E-state index in [1.807, 2.05) is 24.3 Å². The number of anilines is 1. The molecular formula is C14H13BrN2S. The van der Waals surface area contributed by atoms with Crippen LogP contribution in [0.5, 0.6) is 0 Å². The van der Waals surface area contributed by atoms with E-state index < -0.39 is 0 Å². The zero-order chi connectivity index (χ0) is 13.0. The first-order valence-corrected chi connectivity index (χ1v) is 7.33. The fraction of sp³-hybridized carbons (Fsp3) is 0.214. The number of nitriles is 1. The zero-order valence-corrected chi connectivity index (χ0v) is 12.4. The average Bonchev–Trinajstić information content (AvgIpc) is 2.78. The van der Waals surface area contributed by atoms with Crippen LogP contribution in [0.1, 0.15) is 23.4 Å². The minimum Gasteiger partial charge on any atom is -0.378 e. The second-order valence-corrected chi connectivity index (χ2v) is 5.83. The lowest BCUT2D eigenvalue weighted by atomic mass is 10.1. The van der Waals surface area contributed by atoms with Gasteiger partial charge >= 0.3 is 0 Å². The van der Waals surface area contributed by atoms with Crippen LogP contribution >= 0.6 is 27.3 Å². The Morgan fingerprint density at radius 1 is 1.33 bits per heavy atom. The summed E-state index contributed by atoms with van der Waals surface area (Å²) in [6.07, 6.45) is 0.465. The van der Waals surface area contributed by atoms with Crippen LogP contribution in [-0.2, 0) is 6.42 Å². The minimum atomic E-state index is 0.265. The molecule has 0 aliphatic carbocycles. The summed E-state index contributed by atoms with van der Waals surface area (Å²) in [6, 6.07) is 12.5. The lowest BCUT2D eigenvalue weighted by Gasteiger charge is -2.14. The maximum atomic E-state index is 8.62. The molecule has 2 aromatic rings. The highest BCUT2D eigenvalue weighted by Gasteiger charge is 2.10. The minimum absolute atomic E-state index is 0.265. The zero-order valence-electron chi connectivity index (χ0n) is 9.98. The van der Waals surface area contributed by atoms with Crippen LogP contribution in [0, 0.1) is 11.3 Å². The van der Waals surface area contributed by atoms with Gasteiger partial charge in [0.05, 0.1) is 18.5 Å². The molecule has 0 aliphatic rings. The molecule has 1 N–H and O–H groups in total. The van der Waals surface area contributed by atoms with E-state index in [4.69, 9.17) is 5.26 Å². The van der Waals surface area contributed by atoms with Gasteiger partial charge in [0.2, 0.25) is 0 Å². The first-order chi connectivity index (χ1) is 8.70. The number of benzene rings is 1. The van der Waals surface area contributed by atoms with Crippen LogP contribution in [0.4, 0.5) is 5.69 Å². The predicted octanol–water partition coefficient (Wildman–Crippen LogP) is 4.75. The highest BCUT2D eigenvalue weighted by Crippen LogP contribution is 2.30. The number of hydrogen-bond acceptors (Lipinski definition) is 3. The van der Waals surface area contributed by atoms with Crippen LogP contribution in [0.15, 0.2) is 40.2 Å². The standard InChI is InChI=1S/C14H13BrN2S/c1-10(14-13(15)7-9-18-14)17-12-4-2-11(3-5-12)6-8-16/h2-5,7,9-10,17H,6H2,1H3. The lowest BCUT2D eigenvalue weighted by molar-refractivity contribution is 0.903. The van der Waals surface area contributed by atoms with Crippen molar-refractivity contribution in [3.63, 3.8) is 0 Å². The maximum absolute atomic E-state index is 8.62. The number of halogens is 1. The van der Waals surface area contributed by atoms with E-state index in [0.717, 1.165) is 15.7 Å². The van der Waals surface area contributed by atoms with Crippen molar-refractivity contribution >= 4 is 33.0 Å². The number of hydrogen-bond donors (Lipinski definition) is 1. The average molecular weight is 321 g/mol. The lowest BCUT2D eigenvalue weighted by Crippen LogP contribution is -2.05. The highest BCUT2D eigenvalue weighted by atomic mass is 79.9. The Balaban J connectivity index is 2.06. The largest absolute Gasteiger partial charge is 0.378 e. The molecule has 1 heterocycles. The highest BCUT2D eigenvalue weighted by molar-refractivity contribution is 9.10. The van der Waals surface area contributed by atoms with Crippen LogP contribution < -0.4 is 5.32 Å². The van der Waals surface area contributed by atoms with E-state index in [1.165, 1.54) is 4.88 Å². The number of nitrogens with one attached hydrogen (secondary N) is 1. The monoisotopic (exact) mass is 320 g/mol. The van der Waals surface area contributed by atoms with Gasteiger partial charge in [-0.05, 0) is 52.0 Å². The van der Waals surface area contributed by atoms with Crippen LogP contribution in [0.25, 0.3) is 0 Å². The third kappa shape index (κ3) is 3.12. The Kier molecular flexibility index (Phi) is 4.40. The van der Waals surface area contributed by atoms with Crippen molar-refractivity contribution in [2.24, 2.45) is 0 Å². The molecule has 1 atom stereocenters. The van der Waals surface area contributed by atoms with Gasteiger partial charge in [0.25, 0.3) is 0 Å². The normalized spacial score (nSPS) is 11.8. The Morgan fingerprint density at radius 2 is 2.06 bits per heavy atom. The Hall–Kier alpha value is -1.31. The van der Waals surface area contributed by atoms with Gasteiger partial charge < -0.3 is 5.32 Å². The molecule has 1 aromatic carbocycles. The van der Waals surface area contributed by atoms with Crippen molar-refractivity contribution in [2.45, 2.75) is 19.4 Å². The summed E-state index contributed by atoms with van der Waals surface area (Å²) in [5.41, 5.74) is 2.12. The third-order valence-electron chi connectivity index (χ3n) is 2.66. The predicted molar refractivity (Wildman–Crippen MR) is 79.8 cm³/mol. The van der Waals surface area contributed by atoms with E-state index in [0.29, 0.717) is 6.42 Å². The quantitative estimate of drug-likeness (QED) is 0.882. The van der Waals surface area contributed by atoms with E-state index >= 15 is 0 Å². The van der Waals surface area contributed by atoms with E-state index in [9.17, 15) is 0 Å². The van der Waals surface area contributed by atoms with Gasteiger partial charge in [0, 0.05) is 15.0 Å². The first-order valence-electron chi connectivity index (χ1n) is 5.66. The topological polar surface area (TPSA) is 35.8 Å². The van der Waals surface area contributed by atoms with Crippen LogP contribution in [0.2, 0.25) is 0 Å². The molecule has 0 saturated heterocycles. The van der Waals surface area contributed by atoms with E-state index in [1.54, 1.807) is 11.3 Å². The van der Waals surface area contributed by atoms with Crippen molar-refractivity contribution in [3.8, 4) is 6.07 Å². The summed E-state index contributed by atoms with van der Waals surface area (Å²) in [7, 11) is 0. The first kappa shape index (κ1) is 13.1. The molecular weight excluding hydrogens is 308 g/mol. The summed E-state index contributed by atoms with van der Waals surface area (Å²) in [4.78, 5) is 1.29. The molecule has 92 valence electrons. The smallest absolute Gasteiger partial charge is 0.0669 e. The summed E-state index contributed by atoms with van der Waals surface area (Å²) in [5, 5.41) is 14.1. The Morgan fingerprint density at radius 3 is 2.61 bits per heavy atom. The van der Waals surface area contributed by atoms with E-state index in [-0.39, 0.29) is 6.04 Å². The van der Waals surface area contributed by atoms with Crippen molar-refractivity contribution in [2.75, 3.05) is 5.32 Å². The molecule has 4 heteroatoms. The molecule has 0 spiro atoms. The summed E-state index contributed by atoms with van der Waals surface area (Å²) in [5.74, 6) is 0.